The van der Waals surface area contributed by atoms with Crippen LogP contribution in [0, 0.1) is 5.92 Å². The Balaban J connectivity index is 1.65. The molecule has 0 amide bonds. The highest BCUT2D eigenvalue weighted by Crippen LogP contribution is 2.28. The van der Waals surface area contributed by atoms with Crippen LogP contribution in [0.5, 0.6) is 5.75 Å². The normalized spacial score (nSPS) is 16.3. The predicted molar refractivity (Wildman–Crippen MR) is 74.2 cm³/mol. The molecule has 19 heavy (non-hydrogen) atoms. The first-order valence-corrected chi connectivity index (χ1v) is 6.95. The quantitative estimate of drug-likeness (QED) is 0.662. The number of benzene rings is 1. The Morgan fingerprint density at radius 1 is 1.26 bits per heavy atom. The van der Waals surface area contributed by atoms with Gasteiger partial charge in [-0.15, -0.1) is 0 Å². The van der Waals surface area contributed by atoms with E-state index in [2.05, 4.69) is 0 Å². The molecule has 4 heteroatoms. The molecule has 106 valence electrons. The Morgan fingerprint density at radius 2 is 2.00 bits per heavy atom. The fraction of sp³-hybridized carbons (Fsp3) is 0.600. The fourth-order valence-corrected chi connectivity index (χ4v) is 1.74. The minimum Gasteiger partial charge on any atom is -0.491 e. The van der Waals surface area contributed by atoms with Gasteiger partial charge in [-0.05, 0) is 42.9 Å². The van der Waals surface area contributed by atoms with E-state index in [0.29, 0.717) is 0 Å². The Labute approximate surface area is 114 Å². The number of hydrogen-bond donors (Lipinski definition) is 2. The van der Waals surface area contributed by atoms with Crippen LogP contribution in [-0.2, 0) is 11.2 Å². The van der Waals surface area contributed by atoms with Crippen LogP contribution in [0.1, 0.15) is 18.4 Å². The highest BCUT2D eigenvalue weighted by molar-refractivity contribution is 5.27. The minimum absolute atomic E-state index is 0.219. The van der Waals surface area contributed by atoms with Crippen molar-refractivity contribution in [3.8, 4) is 5.75 Å². The minimum atomic E-state index is -0.601. The second-order valence-corrected chi connectivity index (χ2v) is 5.11. The summed E-state index contributed by atoms with van der Waals surface area (Å²) in [5.41, 5.74) is 6.55. The van der Waals surface area contributed by atoms with Gasteiger partial charge in [0.15, 0.2) is 0 Å². The third-order valence-corrected chi connectivity index (χ3v) is 3.22. The van der Waals surface area contributed by atoms with Gasteiger partial charge < -0.3 is 20.3 Å². The van der Waals surface area contributed by atoms with Crippen molar-refractivity contribution in [3.63, 3.8) is 0 Å². The average Bonchev–Trinajstić information content (AvgIpc) is 3.26. The number of aliphatic hydroxyl groups excluding tert-OH is 1. The Kier molecular flexibility index (Phi) is 5.63. The third kappa shape index (κ3) is 5.59. The number of aliphatic hydroxyl groups is 1. The zero-order valence-electron chi connectivity index (χ0n) is 11.3. The first kappa shape index (κ1) is 14.3. The molecule has 1 aromatic rings. The van der Waals surface area contributed by atoms with E-state index in [1.165, 1.54) is 18.4 Å². The van der Waals surface area contributed by atoms with Crippen LogP contribution >= 0.6 is 0 Å². The molecule has 0 unspecified atom stereocenters. The lowest BCUT2D eigenvalue weighted by atomic mass is 10.1. The van der Waals surface area contributed by atoms with E-state index < -0.39 is 6.10 Å². The molecule has 0 spiro atoms. The third-order valence-electron chi connectivity index (χ3n) is 3.22. The number of hydrogen-bond acceptors (Lipinski definition) is 4. The van der Waals surface area contributed by atoms with Gasteiger partial charge in [0.25, 0.3) is 0 Å². The van der Waals surface area contributed by atoms with Gasteiger partial charge in [0, 0.05) is 13.2 Å². The molecule has 3 N–H and O–H groups in total. The fourth-order valence-electron chi connectivity index (χ4n) is 1.74. The van der Waals surface area contributed by atoms with E-state index in [1.54, 1.807) is 0 Å². The molecule has 1 aromatic carbocycles. The van der Waals surface area contributed by atoms with E-state index in [4.69, 9.17) is 15.2 Å². The lowest BCUT2D eigenvalue weighted by molar-refractivity contribution is 0.114. The van der Waals surface area contributed by atoms with Gasteiger partial charge in [0.1, 0.15) is 18.5 Å². The molecule has 1 saturated carbocycles. The summed E-state index contributed by atoms with van der Waals surface area (Å²) in [5.74, 6) is 1.58. The van der Waals surface area contributed by atoms with Gasteiger partial charge in [-0.3, -0.25) is 0 Å². The van der Waals surface area contributed by atoms with Crippen molar-refractivity contribution in [2.45, 2.75) is 25.4 Å². The van der Waals surface area contributed by atoms with Crippen LogP contribution in [-0.4, -0.2) is 37.6 Å². The maximum absolute atomic E-state index is 9.30. The van der Waals surface area contributed by atoms with E-state index in [9.17, 15) is 5.11 Å². The largest absolute Gasteiger partial charge is 0.491 e. The van der Waals surface area contributed by atoms with Gasteiger partial charge in [-0.25, -0.2) is 0 Å². The zero-order valence-corrected chi connectivity index (χ0v) is 11.3. The zero-order chi connectivity index (χ0) is 13.5. The lowest BCUT2D eigenvalue weighted by Crippen LogP contribution is -2.26. The summed E-state index contributed by atoms with van der Waals surface area (Å²) in [6.07, 6.45) is 3.00. The van der Waals surface area contributed by atoms with E-state index in [1.807, 2.05) is 24.3 Å². The lowest BCUT2D eigenvalue weighted by Gasteiger charge is -2.10. The Hall–Kier alpha value is -1.10. The highest BCUT2D eigenvalue weighted by atomic mass is 16.5. The van der Waals surface area contributed by atoms with Gasteiger partial charge in [-0.1, -0.05) is 12.1 Å². The summed E-state index contributed by atoms with van der Waals surface area (Å²) in [6.45, 7) is 2.15. The molecule has 0 saturated heterocycles. The molecule has 1 aliphatic rings. The van der Waals surface area contributed by atoms with Gasteiger partial charge >= 0.3 is 0 Å². The van der Waals surface area contributed by atoms with Crippen molar-refractivity contribution in [2.24, 2.45) is 11.7 Å². The van der Waals surface area contributed by atoms with Crippen LogP contribution in [0.2, 0.25) is 0 Å². The van der Waals surface area contributed by atoms with Crippen molar-refractivity contribution in [1.82, 2.24) is 0 Å². The van der Waals surface area contributed by atoms with Crippen molar-refractivity contribution < 1.29 is 14.6 Å². The molecule has 0 aromatic heterocycles. The summed E-state index contributed by atoms with van der Waals surface area (Å²) in [7, 11) is 0. The monoisotopic (exact) mass is 265 g/mol. The molecule has 1 atom stereocenters. The first-order valence-electron chi connectivity index (χ1n) is 6.95. The van der Waals surface area contributed by atoms with Gasteiger partial charge in [-0.2, -0.15) is 0 Å². The average molecular weight is 265 g/mol. The van der Waals surface area contributed by atoms with Crippen LogP contribution in [0.3, 0.4) is 0 Å². The summed E-state index contributed by atoms with van der Waals surface area (Å²) >= 11 is 0. The van der Waals surface area contributed by atoms with Crippen molar-refractivity contribution in [1.29, 1.82) is 0 Å². The predicted octanol–water partition coefficient (Wildman–Crippen LogP) is 1.35. The molecule has 0 heterocycles. The highest BCUT2D eigenvalue weighted by Gasteiger charge is 2.20. The summed E-state index contributed by atoms with van der Waals surface area (Å²) in [6, 6.07) is 7.90. The Morgan fingerprint density at radius 3 is 2.63 bits per heavy atom. The molecule has 0 bridgehead atoms. The summed E-state index contributed by atoms with van der Waals surface area (Å²) in [5, 5.41) is 9.30. The van der Waals surface area contributed by atoms with Crippen molar-refractivity contribution in [2.75, 3.05) is 26.4 Å². The molecule has 1 aliphatic carbocycles. The summed E-state index contributed by atoms with van der Waals surface area (Å²) < 4.78 is 11.0. The standard InChI is InChI=1S/C15H23NO3/c16-9-14(17)11-19-15-5-3-12(4-6-15)7-8-18-10-13-1-2-13/h3-6,13-14,17H,1-2,7-11,16H2/t14-/m1/s1. The number of rotatable bonds is 9. The number of nitrogens with two attached hydrogens (primary N) is 1. The van der Waals surface area contributed by atoms with E-state index in [0.717, 1.165) is 31.3 Å². The maximum atomic E-state index is 9.30. The Bertz CT molecular complexity index is 362. The molecule has 0 radical (unpaired) electrons. The smallest absolute Gasteiger partial charge is 0.119 e. The van der Waals surface area contributed by atoms with E-state index >= 15 is 0 Å². The van der Waals surface area contributed by atoms with Gasteiger partial charge in [0.05, 0.1) is 6.61 Å². The van der Waals surface area contributed by atoms with Crippen LogP contribution in [0.4, 0.5) is 0 Å². The SMILES string of the molecule is NC[C@@H](O)COc1ccc(CCOCC2CC2)cc1. The van der Waals surface area contributed by atoms with Crippen LogP contribution in [0.15, 0.2) is 24.3 Å². The topological polar surface area (TPSA) is 64.7 Å². The molecule has 4 nitrogen and oxygen atoms in total. The number of ether oxygens (including phenoxy) is 2. The van der Waals surface area contributed by atoms with Crippen LogP contribution in [0.25, 0.3) is 0 Å². The second kappa shape index (κ2) is 7.48. The van der Waals surface area contributed by atoms with Crippen molar-refractivity contribution >= 4 is 0 Å². The van der Waals surface area contributed by atoms with Crippen molar-refractivity contribution in [3.05, 3.63) is 29.8 Å². The molecule has 0 aliphatic heterocycles. The van der Waals surface area contributed by atoms with Crippen LogP contribution < -0.4 is 10.5 Å². The summed E-state index contributed by atoms with van der Waals surface area (Å²) in [4.78, 5) is 0. The molecule has 1 fully saturated rings. The molecule has 2 rings (SSSR count). The van der Waals surface area contributed by atoms with E-state index in [-0.39, 0.29) is 13.2 Å². The maximum Gasteiger partial charge on any atom is 0.119 e. The first-order chi connectivity index (χ1) is 9.28. The second-order valence-electron chi connectivity index (χ2n) is 5.11. The van der Waals surface area contributed by atoms with Gasteiger partial charge in [0.2, 0.25) is 0 Å². The molecular formula is C15H23NO3. The molecular weight excluding hydrogens is 242 g/mol.